The summed E-state index contributed by atoms with van der Waals surface area (Å²) in [5.41, 5.74) is 6.51. The van der Waals surface area contributed by atoms with Gasteiger partial charge in [-0.2, -0.15) is 0 Å². The molecule has 0 aliphatic heterocycles. The van der Waals surface area contributed by atoms with Gasteiger partial charge in [0.15, 0.2) is 0 Å². The Morgan fingerprint density at radius 2 is 1.94 bits per heavy atom. The van der Waals surface area contributed by atoms with Crippen molar-refractivity contribution in [2.45, 2.75) is 11.4 Å². The van der Waals surface area contributed by atoms with Gasteiger partial charge >= 0.3 is 0 Å². The third kappa shape index (κ3) is 3.22. The molecule has 0 unspecified atom stereocenters. The minimum Gasteiger partial charge on any atom is -0.456 e. The Kier molecular flexibility index (Phi) is 4.01. The lowest BCUT2D eigenvalue weighted by Gasteiger charge is -2.06. The van der Waals surface area contributed by atoms with E-state index in [1.54, 1.807) is 24.2 Å². The maximum atomic E-state index is 5.69. The molecule has 0 saturated carbocycles. The van der Waals surface area contributed by atoms with Crippen molar-refractivity contribution >= 4 is 11.8 Å². The molecule has 0 radical (unpaired) electrons. The molecule has 4 heteroatoms. The van der Waals surface area contributed by atoms with Crippen molar-refractivity contribution in [1.29, 1.82) is 0 Å². The first-order chi connectivity index (χ1) is 8.31. The second-order valence-electron chi connectivity index (χ2n) is 3.51. The fourth-order valence-electron chi connectivity index (χ4n) is 1.41. The van der Waals surface area contributed by atoms with Gasteiger partial charge < -0.3 is 10.5 Å². The van der Waals surface area contributed by atoms with E-state index >= 15 is 0 Å². The van der Waals surface area contributed by atoms with Crippen LogP contribution in [0.15, 0.2) is 47.6 Å². The highest BCUT2D eigenvalue weighted by atomic mass is 32.2. The number of aromatic nitrogens is 1. The number of benzene rings is 1. The molecule has 0 saturated heterocycles. The third-order valence-electron chi connectivity index (χ3n) is 2.30. The van der Waals surface area contributed by atoms with Crippen LogP contribution in [0.5, 0.6) is 11.5 Å². The van der Waals surface area contributed by atoms with Crippen molar-refractivity contribution < 1.29 is 4.74 Å². The summed E-state index contributed by atoms with van der Waals surface area (Å²) in [4.78, 5) is 5.29. The predicted molar refractivity (Wildman–Crippen MR) is 70.4 cm³/mol. The van der Waals surface area contributed by atoms with Gasteiger partial charge in [-0.3, -0.25) is 4.98 Å². The molecule has 0 spiro atoms. The van der Waals surface area contributed by atoms with E-state index in [1.165, 1.54) is 4.90 Å². The van der Waals surface area contributed by atoms with Gasteiger partial charge in [-0.05, 0) is 42.2 Å². The SMILES string of the molecule is CSc1ccc(Oc2cncc(CN)c2)cc1. The molecule has 0 amide bonds. The van der Waals surface area contributed by atoms with E-state index in [1.807, 2.05) is 36.6 Å². The zero-order valence-electron chi connectivity index (χ0n) is 9.59. The Balaban J connectivity index is 2.13. The fourth-order valence-corrected chi connectivity index (χ4v) is 1.82. The summed E-state index contributed by atoms with van der Waals surface area (Å²) < 4.78 is 5.69. The Hall–Kier alpha value is -1.52. The zero-order valence-corrected chi connectivity index (χ0v) is 10.4. The number of nitrogens with two attached hydrogens (primary N) is 1. The minimum absolute atomic E-state index is 0.468. The van der Waals surface area contributed by atoms with Gasteiger partial charge in [0.25, 0.3) is 0 Å². The molecular formula is C13H14N2OS. The highest BCUT2D eigenvalue weighted by Crippen LogP contribution is 2.24. The predicted octanol–water partition coefficient (Wildman–Crippen LogP) is 3.05. The monoisotopic (exact) mass is 246 g/mol. The summed E-state index contributed by atoms with van der Waals surface area (Å²) in [6.45, 7) is 0.468. The molecule has 1 aromatic carbocycles. The van der Waals surface area contributed by atoms with Gasteiger partial charge in [0.2, 0.25) is 0 Å². The molecule has 1 heterocycles. The Labute approximate surface area is 105 Å². The van der Waals surface area contributed by atoms with Crippen molar-refractivity contribution in [1.82, 2.24) is 4.98 Å². The first-order valence-electron chi connectivity index (χ1n) is 5.27. The Morgan fingerprint density at radius 3 is 2.59 bits per heavy atom. The Morgan fingerprint density at radius 1 is 1.18 bits per heavy atom. The van der Waals surface area contributed by atoms with Crippen LogP contribution in [0, 0.1) is 0 Å². The summed E-state index contributed by atoms with van der Waals surface area (Å²) in [5.74, 6) is 1.52. The maximum absolute atomic E-state index is 5.69. The van der Waals surface area contributed by atoms with E-state index in [4.69, 9.17) is 10.5 Å². The number of pyridine rings is 1. The number of hydrogen-bond donors (Lipinski definition) is 1. The van der Waals surface area contributed by atoms with Crippen molar-refractivity contribution in [3.63, 3.8) is 0 Å². The van der Waals surface area contributed by atoms with Crippen LogP contribution in [0.2, 0.25) is 0 Å². The highest BCUT2D eigenvalue weighted by Gasteiger charge is 1.99. The van der Waals surface area contributed by atoms with Crippen LogP contribution in [0.1, 0.15) is 5.56 Å². The van der Waals surface area contributed by atoms with Gasteiger partial charge in [-0.1, -0.05) is 0 Å². The van der Waals surface area contributed by atoms with Crippen LogP contribution in [-0.2, 0) is 6.54 Å². The van der Waals surface area contributed by atoms with Gasteiger partial charge in [-0.15, -0.1) is 11.8 Å². The normalized spacial score (nSPS) is 10.2. The molecule has 1 aromatic heterocycles. The molecule has 0 atom stereocenters. The largest absolute Gasteiger partial charge is 0.456 e. The second-order valence-corrected chi connectivity index (χ2v) is 4.39. The molecule has 0 bridgehead atoms. The molecule has 2 N–H and O–H groups in total. The molecule has 3 nitrogen and oxygen atoms in total. The topological polar surface area (TPSA) is 48.1 Å². The first-order valence-corrected chi connectivity index (χ1v) is 6.50. The molecule has 17 heavy (non-hydrogen) atoms. The van der Waals surface area contributed by atoms with Crippen molar-refractivity contribution in [2.24, 2.45) is 5.73 Å². The number of thioether (sulfide) groups is 1. The van der Waals surface area contributed by atoms with Crippen molar-refractivity contribution in [3.8, 4) is 11.5 Å². The number of ether oxygens (including phenoxy) is 1. The van der Waals surface area contributed by atoms with Crippen LogP contribution < -0.4 is 10.5 Å². The molecule has 0 aliphatic carbocycles. The maximum Gasteiger partial charge on any atom is 0.146 e. The summed E-state index contributed by atoms with van der Waals surface area (Å²) in [6, 6.07) is 9.85. The van der Waals surface area contributed by atoms with Crippen LogP contribution >= 0.6 is 11.8 Å². The number of nitrogens with zero attached hydrogens (tertiary/aromatic N) is 1. The third-order valence-corrected chi connectivity index (χ3v) is 3.04. The smallest absolute Gasteiger partial charge is 0.146 e. The molecule has 0 fully saturated rings. The van der Waals surface area contributed by atoms with Gasteiger partial charge in [0, 0.05) is 17.6 Å². The molecule has 0 aliphatic rings. The molecular weight excluding hydrogens is 232 g/mol. The van der Waals surface area contributed by atoms with Gasteiger partial charge in [0.05, 0.1) is 6.20 Å². The van der Waals surface area contributed by atoms with Crippen LogP contribution in [-0.4, -0.2) is 11.2 Å². The van der Waals surface area contributed by atoms with E-state index in [-0.39, 0.29) is 0 Å². The lowest BCUT2D eigenvalue weighted by Crippen LogP contribution is -1.97. The summed E-state index contributed by atoms with van der Waals surface area (Å²) in [7, 11) is 0. The minimum atomic E-state index is 0.468. The molecule has 2 aromatic rings. The average molecular weight is 246 g/mol. The van der Waals surface area contributed by atoms with Crippen LogP contribution in [0.25, 0.3) is 0 Å². The van der Waals surface area contributed by atoms with Crippen molar-refractivity contribution in [2.75, 3.05) is 6.26 Å². The number of hydrogen-bond acceptors (Lipinski definition) is 4. The van der Waals surface area contributed by atoms with Crippen LogP contribution in [0.4, 0.5) is 0 Å². The zero-order chi connectivity index (χ0) is 12.1. The van der Waals surface area contributed by atoms with E-state index in [0.29, 0.717) is 12.3 Å². The fraction of sp³-hybridized carbons (Fsp3) is 0.154. The molecule has 2 rings (SSSR count). The molecule has 88 valence electrons. The summed E-state index contributed by atoms with van der Waals surface area (Å²) >= 11 is 1.71. The summed E-state index contributed by atoms with van der Waals surface area (Å²) in [5, 5.41) is 0. The van der Waals surface area contributed by atoms with E-state index < -0.39 is 0 Å². The second kappa shape index (κ2) is 5.70. The quantitative estimate of drug-likeness (QED) is 0.842. The van der Waals surface area contributed by atoms with Crippen molar-refractivity contribution in [3.05, 3.63) is 48.3 Å². The summed E-state index contributed by atoms with van der Waals surface area (Å²) in [6.07, 6.45) is 5.47. The lowest BCUT2D eigenvalue weighted by molar-refractivity contribution is 0.479. The first kappa shape index (κ1) is 12.0. The van der Waals surface area contributed by atoms with Gasteiger partial charge in [0.1, 0.15) is 11.5 Å². The highest BCUT2D eigenvalue weighted by molar-refractivity contribution is 7.98. The van der Waals surface area contributed by atoms with Gasteiger partial charge in [-0.25, -0.2) is 0 Å². The number of rotatable bonds is 4. The van der Waals surface area contributed by atoms with E-state index in [0.717, 1.165) is 11.3 Å². The Bertz CT molecular complexity index is 485. The van der Waals surface area contributed by atoms with E-state index in [9.17, 15) is 0 Å². The van der Waals surface area contributed by atoms with Crippen LogP contribution in [0.3, 0.4) is 0 Å². The average Bonchev–Trinajstić information content (AvgIpc) is 2.40. The lowest BCUT2D eigenvalue weighted by atomic mass is 10.3. The standard InChI is InChI=1S/C13H14N2OS/c1-17-13-4-2-11(3-5-13)16-12-6-10(7-14)8-15-9-12/h2-6,8-9H,7,14H2,1H3. The van der Waals surface area contributed by atoms with E-state index in [2.05, 4.69) is 4.98 Å².